The molecule has 0 radical (unpaired) electrons. The SMILES string of the molecule is CN1CC(=O)N2C(CN(Cc3cccc4c3cnn4C)C(=O)[C@@H]2Cc2ccc(O)cc2)N1C=O. The fourth-order valence-corrected chi connectivity index (χ4v) is 4.97. The van der Waals surface area contributed by atoms with Gasteiger partial charge in [0.1, 0.15) is 18.0 Å². The molecule has 10 nitrogen and oxygen atoms in total. The second-order valence-electron chi connectivity index (χ2n) is 8.81. The molecule has 176 valence electrons. The van der Waals surface area contributed by atoms with Gasteiger partial charge in [0, 0.05) is 32.4 Å². The molecular formula is C24H26N6O4. The predicted molar refractivity (Wildman–Crippen MR) is 123 cm³/mol. The number of aromatic hydroxyl groups is 1. The molecule has 2 aliphatic heterocycles. The highest BCUT2D eigenvalue weighted by Crippen LogP contribution is 2.29. The summed E-state index contributed by atoms with van der Waals surface area (Å²) in [5.41, 5.74) is 2.73. The molecular weight excluding hydrogens is 436 g/mol. The summed E-state index contributed by atoms with van der Waals surface area (Å²) in [4.78, 5) is 42.1. The van der Waals surface area contributed by atoms with Crippen molar-refractivity contribution in [2.45, 2.75) is 25.2 Å². The molecule has 2 fully saturated rings. The van der Waals surface area contributed by atoms with Gasteiger partial charge in [-0.3, -0.25) is 24.1 Å². The molecule has 2 aliphatic rings. The lowest BCUT2D eigenvalue weighted by Crippen LogP contribution is -2.74. The van der Waals surface area contributed by atoms with Crippen molar-refractivity contribution in [2.75, 3.05) is 20.1 Å². The Balaban J connectivity index is 1.52. The maximum absolute atomic E-state index is 13.8. The number of aromatic nitrogens is 2. The van der Waals surface area contributed by atoms with E-state index >= 15 is 0 Å². The Morgan fingerprint density at radius 3 is 2.62 bits per heavy atom. The maximum atomic E-state index is 13.8. The van der Waals surface area contributed by atoms with Gasteiger partial charge in [-0.15, -0.1) is 0 Å². The summed E-state index contributed by atoms with van der Waals surface area (Å²) in [5.74, 6) is -0.240. The van der Waals surface area contributed by atoms with E-state index in [1.807, 2.05) is 25.2 Å². The monoisotopic (exact) mass is 462 g/mol. The lowest BCUT2D eigenvalue weighted by atomic mass is 9.98. The lowest BCUT2D eigenvalue weighted by Gasteiger charge is -2.53. The van der Waals surface area contributed by atoms with Crippen molar-refractivity contribution >= 4 is 29.1 Å². The summed E-state index contributed by atoms with van der Waals surface area (Å²) in [6, 6.07) is 11.7. The van der Waals surface area contributed by atoms with Crippen LogP contribution in [-0.2, 0) is 34.4 Å². The summed E-state index contributed by atoms with van der Waals surface area (Å²) in [6.07, 6.45) is 2.18. The van der Waals surface area contributed by atoms with Crippen molar-refractivity contribution in [3.05, 3.63) is 59.8 Å². The van der Waals surface area contributed by atoms with Gasteiger partial charge in [-0.2, -0.15) is 5.10 Å². The maximum Gasteiger partial charge on any atom is 0.246 e. The number of phenols is 1. The van der Waals surface area contributed by atoms with E-state index in [0.717, 1.165) is 22.0 Å². The zero-order chi connectivity index (χ0) is 24.0. The van der Waals surface area contributed by atoms with Crippen molar-refractivity contribution in [3.63, 3.8) is 0 Å². The minimum absolute atomic E-state index is 0.0175. The number of aryl methyl sites for hydroxylation is 1. The minimum atomic E-state index is -0.764. The smallest absolute Gasteiger partial charge is 0.246 e. The Bertz CT molecular complexity index is 1260. The van der Waals surface area contributed by atoms with E-state index in [2.05, 4.69) is 5.10 Å². The van der Waals surface area contributed by atoms with Crippen LogP contribution in [0.15, 0.2) is 48.7 Å². The van der Waals surface area contributed by atoms with Gasteiger partial charge in [0.25, 0.3) is 0 Å². The van der Waals surface area contributed by atoms with Gasteiger partial charge in [-0.1, -0.05) is 24.3 Å². The first-order chi connectivity index (χ1) is 16.4. The summed E-state index contributed by atoms with van der Waals surface area (Å²) < 4.78 is 1.79. The third-order valence-corrected chi connectivity index (χ3v) is 6.71. The topological polar surface area (TPSA) is 102 Å². The average molecular weight is 463 g/mol. The normalized spacial score (nSPS) is 21.3. The van der Waals surface area contributed by atoms with E-state index in [1.165, 1.54) is 5.01 Å². The molecule has 2 atom stereocenters. The minimum Gasteiger partial charge on any atom is -0.508 e. The molecule has 1 aromatic heterocycles. The molecule has 0 aliphatic carbocycles. The standard InChI is InChI=1S/C24H26N6O4/c1-26-14-23(33)30-21(10-16-6-8-18(32)9-7-16)24(34)28(13-22(30)29(26)15-31)12-17-4-3-5-20-19(17)11-25-27(20)2/h3-9,11,15,21-22,32H,10,12-14H2,1-2H3/t21-,22?/m0/s1. The average Bonchev–Trinajstić information content (AvgIpc) is 3.20. The van der Waals surface area contributed by atoms with Crippen LogP contribution in [0, 0.1) is 0 Å². The van der Waals surface area contributed by atoms with Gasteiger partial charge < -0.3 is 14.9 Å². The van der Waals surface area contributed by atoms with Crippen LogP contribution in [0.25, 0.3) is 10.9 Å². The van der Waals surface area contributed by atoms with Crippen LogP contribution < -0.4 is 0 Å². The van der Waals surface area contributed by atoms with Crippen molar-refractivity contribution in [1.29, 1.82) is 0 Å². The van der Waals surface area contributed by atoms with E-state index in [4.69, 9.17) is 0 Å². The third-order valence-electron chi connectivity index (χ3n) is 6.71. The number of hydrogen-bond donors (Lipinski definition) is 1. The van der Waals surface area contributed by atoms with Crippen LogP contribution in [-0.4, -0.2) is 85.3 Å². The molecule has 0 spiro atoms. The number of phenolic OH excluding ortho intramolecular Hbond substituents is 1. The summed E-state index contributed by atoms with van der Waals surface area (Å²) in [5, 5.41) is 18.0. The number of amides is 3. The highest BCUT2D eigenvalue weighted by atomic mass is 16.3. The van der Waals surface area contributed by atoms with E-state index in [9.17, 15) is 19.5 Å². The van der Waals surface area contributed by atoms with E-state index in [1.54, 1.807) is 57.0 Å². The van der Waals surface area contributed by atoms with E-state index in [0.29, 0.717) is 13.0 Å². The first kappa shape index (κ1) is 21.9. The molecule has 1 N–H and O–H groups in total. The second-order valence-corrected chi connectivity index (χ2v) is 8.81. The van der Waals surface area contributed by atoms with Gasteiger partial charge in [-0.25, -0.2) is 5.01 Å². The molecule has 3 aromatic rings. The van der Waals surface area contributed by atoms with Crippen molar-refractivity contribution in [2.24, 2.45) is 7.05 Å². The lowest BCUT2D eigenvalue weighted by molar-refractivity contribution is -0.196. The molecule has 2 saturated heterocycles. The van der Waals surface area contributed by atoms with E-state index in [-0.39, 0.29) is 37.1 Å². The Labute approximate surface area is 196 Å². The van der Waals surface area contributed by atoms with Crippen LogP contribution >= 0.6 is 0 Å². The molecule has 2 aromatic carbocycles. The highest BCUT2D eigenvalue weighted by Gasteiger charge is 2.49. The molecule has 34 heavy (non-hydrogen) atoms. The number of carbonyl (C=O) groups excluding carboxylic acids is 3. The number of hydrogen-bond acceptors (Lipinski definition) is 6. The largest absolute Gasteiger partial charge is 0.508 e. The fraction of sp³-hybridized carbons (Fsp3) is 0.333. The first-order valence-electron chi connectivity index (χ1n) is 11.1. The number of fused-ring (bicyclic) bond motifs is 2. The van der Waals surface area contributed by atoms with Crippen molar-refractivity contribution in [1.82, 2.24) is 29.6 Å². The molecule has 0 bridgehead atoms. The second kappa shape index (κ2) is 8.45. The van der Waals surface area contributed by atoms with Crippen molar-refractivity contribution < 1.29 is 19.5 Å². The van der Waals surface area contributed by atoms with Crippen molar-refractivity contribution in [3.8, 4) is 5.75 Å². The number of hydrazine groups is 1. The highest BCUT2D eigenvalue weighted by molar-refractivity contribution is 5.91. The first-order valence-corrected chi connectivity index (χ1v) is 11.1. The number of piperazine rings is 1. The number of rotatable bonds is 5. The number of carbonyl (C=O) groups is 3. The fourth-order valence-electron chi connectivity index (χ4n) is 4.97. The van der Waals surface area contributed by atoms with Crippen LogP contribution in [0.1, 0.15) is 11.1 Å². The number of likely N-dealkylation sites (N-methyl/N-ethyl adjacent to an activating group) is 1. The number of benzene rings is 2. The molecule has 10 heteroatoms. The van der Waals surface area contributed by atoms with Gasteiger partial charge >= 0.3 is 0 Å². The molecule has 0 saturated carbocycles. The van der Waals surface area contributed by atoms with Gasteiger partial charge in [0.15, 0.2) is 0 Å². The van der Waals surface area contributed by atoms with Crippen LogP contribution in [0.2, 0.25) is 0 Å². The zero-order valence-corrected chi connectivity index (χ0v) is 19.0. The molecule has 3 amide bonds. The Hall–Kier alpha value is -3.92. The summed E-state index contributed by atoms with van der Waals surface area (Å²) in [6.45, 7) is 0.558. The molecule has 5 rings (SSSR count). The van der Waals surface area contributed by atoms with E-state index < -0.39 is 12.2 Å². The van der Waals surface area contributed by atoms with Gasteiger partial charge in [0.2, 0.25) is 18.2 Å². The predicted octanol–water partition coefficient (Wildman–Crippen LogP) is 0.706. The Morgan fingerprint density at radius 1 is 1.12 bits per heavy atom. The van der Waals surface area contributed by atoms with Crippen LogP contribution in [0.4, 0.5) is 0 Å². The zero-order valence-electron chi connectivity index (χ0n) is 19.0. The number of nitrogens with zero attached hydrogens (tertiary/aromatic N) is 6. The Morgan fingerprint density at radius 2 is 1.88 bits per heavy atom. The van der Waals surface area contributed by atoms with Gasteiger partial charge in [0.05, 0.1) is 24.8 Å². The van der Waals surface area contributed by atoms with Gasteiger partial charge in [-0.05, 0) is 29.3 Å². The van der Waals surface area contributed by atoms with Crippen LogP contribution in [0.3, 0.4) is 0 Å². The summed E-state index contributed by atoms with van der Waals surface area (Å²) >= 11 is 0. The van der Waals surface area contributed by atoms with Crippen LogP contribution in [0.5, 0.6) is 5.75 Å². The third kappa shape index (κ3) is 3.65. The summed E-state index contributed by atoms with van der Waals surface area (Å²) in [7, 11) is 3.56. The molecule has 3 heterocycles. The Kier molecular flexibility index (Phi) is 5.45. The molecule has 1 unspecified atom stereocenters. The quantitative estimate of drug-likeness (QED) is 0.561.